The minimum Gasteiger partial charge on any atom is -0.504 e. The van der Waals surface area contributed by atoms with Crippen molar-refractivity contribution in [1.82, 2.24) is 0 Å². The predicted octanol–water partition coefficient (Wildman–Crippen LogP) is 1.39. The lowest BCUT2D eigenvalue weighted by molar-refractivity contribution is -0.190. The second-order valence-corrected chi connectivity index (χ2v) is 2.98. The summed E-state index contributed by atoms with van der Waals surface area (Å²) in [5.41, 5.74) is -0.0446. The van der Waals surface area contributed by atoms with E-state index in [1.807, 2.05) is 6.92 Å². The number of aliphatic carboxylic acids is 1. The zero-order chi connectivity index (χ0) is 11.9. The molecule has 0 aliphatic carbocycles. The topological polar surface area (TPSA) is 65.0 Å². The molecule has 0 atom stereocenters. The van der Waals surface area contributed by atoms with Crippen molar-refractivity contribution in [3.8, 4) is 0 Å². The minimum absolute atomic E-state index is 0.0446. The number of hydrogen-bond acceptors (Lipinski definition) is 4. The second-order valence-electron chi connectivity index (χ2n) is 2.98. The highest BCUT2D eigenvalue weighted by Gasteiger charge is 2.38. The summed E-state index contributed by atoms with van der Waals surface area (Å²) < 4.78 is 15.0. The highest BCUT2D eigenvalue weighted by Crippen LogP contribution is 2.27. The maximum absolute atomic E-state index is 11.0. The van der Waals surface area contributed by atoms with E-state index in [4.69, 9.17) is 19.3 Å². The molecule has 1 N–H and O–H groups in total. The average Bonchev–Trinajstić information content (AvgIpc) is 2.23. The van der Waals surface area contributed by atoms with Crippen LogP contribution in [0.2, 0.25) is 0 Å². The lowest BCUT2D eigenvalue weighted by Gasteiger charge is -2.30. The maximum Gasteiger partial charge on any atom is 0.340 e. The molecule has 88 valence electrons. The highest BCUT2D eigenvalue weighted by molar-refractivity contribution is 5.88. The summed E-state index contributed by atoms with van der Waals surface area (Å²) >= 11 is 0. The van der Waals surface area contributed by atoms with Gasteiger partial charge in [-0.15, -0.1) is 0 Å². The molecule has 0 aromatic rings. The van der Waals surface area contributed by atoms with E-state index in [1.165, 1.54) is 21.3 Å². The first kappa shape index (κ1) is 13.9. The molecule has 0 bridgehead atoms. The predicted molar refractivity (Wildman–Crippen MR) is 54.4 cm³/mol. The van der Waals surface area contributed by atoms with Gasteiger partial charge in [-0.3, -0.25) is 0 Å². The Labute approximate surface area is 89.6 Å². The van der Waals surface area contributed by atoms with Crippen molar-refractivity contribution in [3.63, 3.8) is 0 Å². The van der Waals surface area contributed by atoms with Crippen LogP contribution in [0.4, 0.5) is 0 Å². The van der Waals surface area contributed by atoms with Crippen LogP contribution in [0.25, 0.3) is 0 Å². The quantitative estimate of drug-likeness (QED) is 0.397. The van der Waals surface area contributed by atoms with Crippen molar-refractivity contribution in [3.05, 3.63) is 11.8 Å². The summed E-state index contributed by atoms with van der Waals surface area (Å²) in [5, 5.41) is 9.02. The van der Waals surface area contributed by atoms with Crippen molar-refractivity contribution in [1.29, 1.82) is 0 Å². The summed E-state index contributed by atoms with van der Waals surface area (Å²) in [5.74, 6) is -2.36. The fourth-order valence-electron chi connectivity index (χ4n) is 1.39. The number of ether oxygens (including phenoxy) is 3. The summed E-state index contributed by atoms with van der Waals surface area (Å²) in [4.78, 5) is 11.0. The Balaban J connectivity index is 5.16. The number of carboxylic acids is 1. The van der Waals surface area contributed by atoms with E-state index in [0.717, 1.165) is 12.7 Å². The van der Waals surface area contributed by atoms with Gasteiger partial charge in [-0.25, -0.2) is 4.79 Å². The molecular weight excluding hydrogens is 200 g/mol. The average molecular weight is 218 g/mol. The van der Waals surface area contributed by atoms with E-state index >= 15 is 0 Å². The Kier molecular flexibility index (Phi) is 5.96. The van der Waals surface area contributed by atoms with E-state index in [-0.39, 0.29) is 5.57 Å². The lowest BCUT2D eigenvalue weighted by atomic mass is 10.0. The number of carbonyl (C=O) groups is 1. The van der Waals surface area contributed by atoms with Crippen LogP contribution >= 0.6 is 0 Å². The first-order valence-corrected chi connectivity index (χ1v) is 4.65. The molecule has 0 aromatic heterocycles. The number of carboxylic acid groups (broad SMARTS) is 1. The fourth-order valence-corrected chi connectivity index (χ4v) is 1.39. The third-order valence-corrected chi connectivity index (χ3v) is 2.12. The van der Waals surface area contributed by atoms with Crippen LogP contribution < -0.4 is 0 Å². The molecule has 0 unspecified atom stereocenters. The van der Waals surface area contributed by atoms with Crippen molar-refractivity contribution in [2.45, 2.75) is 25.6 Å². The molecule has 0 radical (unpaired) electrons. The number of methoxy groups -OCH3 is 3. The van der Waals surface area contributed by atoms with E-state index in [9.17, 15) is 4.79 Å². The second kappa shape index (κ2) is 6.42. The molecule has 5 heteroatoms. The van der Waals surface area contributed by atoms with E-state index in [1.54, 1.807) is 0 Å². The van der Waals surface area contributed by atoms with Crippen molar-refractivity contribution < 1.29 is 24.1 Å². The molecule has 15 heavy (non-hydrogen) atoms. The fraction of sp³-hybridized carbons (Fsp3) is 0.700. The van der Waals surface area contributed by atoms with Gasteiger partial charge in [-0.05, 0) is 0 Å². The molecule has 0 amide bonds. The first-order valence-electron chi connectivity index (χ1n) is 4.65. The van der Waals surface area contributed by atoms with E-state index < -0.39 is 11.8 Å². The van der Waals surface area contributed by atoms with Gasteiger partial charge < -0.3 is 19.3 Å². The van der Waals surface area contributed by atoms with E-state index in [2.05, 4.69) is 0 Å². The molecule has 0 aromatic carbocycles. The van der Waals surface area contributed by atoms with Gasteiger partial charge in [0.2, 0.25) is 5.79 Å². The molecule has 0 saturated heterocycles. The monoisotopic (exact) mass is 218 g/mol. The summed E-state index contributed by atoms with van der Waals surface area (Å²) in [6.45, 7) is 1.92. The van der Waals surface area contributed by atoms with Gasteiger partial charge in [0.1, 0.15) is 5.57 Å². The largest absolute Gasteiger partial charge is 0.504 e. The molecule has 0 spiro atoms. The van der Waals surface area contributed by atoms with Gasteiger partial charge in [-0.2, -0.15) is 0 Å². The standard InChI is InChI=1S/C10H18O5/c1-5-6-10(14-3,15-4)8(7-13-2)9(11)12/h7H,5-6H2,1-4H3,(H,11,12). The Morgan fingerprint density at radius 2 is 1.87 bits per heavy atom. The SMILES string of the molecule is CCCC(OC)(OC)C(=COC)C(=O)O. The number of rotatable bonds is 7. The summed E-state index contributed by atoms with van der Waals surface area (Å²) in [7, 11) is 4.20. The Morgan fingerprint density at radius 3 is 2.13 bits per heavy atom. The summed E-state index contributed by atoms with van der Waals surface area (Å²) in [6.07, 6.45) is 2.31. The first-order chi connectivity index (χ1) is 7.07. The lowest BCUT2D eigenvalue weighted by Crippen LogP contribution is -2.39. The molecule has 0 fully saturated rings. The van der Waals surface area contributed by atoms with Gasteiger partial charge in [0.05, 0.1) is 13.4 Å². The van der Waals surface area contributed by atoms with Crippen LogP contribution in [-0.4, -0.2) is 38.2 Å². The molecule has 0 rings (SSSR count). The maximum atomic E-state index is 11.0. The van der Waals surface area contributed by atoms with Crippen molar-refractivity contribution >= 4 is 5.97 Å². The van der Waals surface area contributed by atoms with Gasteiger partial charge in [-0.1, -0.05) is 13.3 Å². The number of hydrogen-bond donors (Lipinski definition) is 1. The summed E-state index contributed by atoms with van der Waals surface area (Å²) in [6, 6.07) is 0. The molecule has 0 saturated carbocycles. The van der Waals surface area contributed by atoms with Crippen LogP contribution in [0.5, 0.6) is 0 Å². The van der Waals surface area contributed by atoms with Gasteiger partial charge >= 0.3 is 5.97 Å². The normalized spacial score (nSPS) is 12.7. The molecule has 0 heterocycles. The third kappa shape index (κ3) is 3.21. The van der Waals surface area contributed by atoms with Gasteiger partial charge in [0, 0.05) is 20.6 Å². The molecular formula is C10H18O5. The third-order valence-electron chi connectivity index (χ3n) is 2.12. The minimum atomic E-state index is -1.24. The van der Waals surface area contributed by atoms with Crippen LogP contribution in [0, 0.1) is 0 Å². The Morgan fingerprint density at radius 1 is 1.33 bits per heavy atom. The van der Waals surface area contributed by atoms with Crippen LogP contribution in [0.15, 0.2) is 11.8 Å². The molecule has 5 nitrogen and oxygen atoms in total. The van der Waals surface area contributed by atoms with Crippen molar-refractivity contribution in [2.24, 2.45) is 0 Å². The van der Waals surface area contributed by atoms with Crippen LogP contribution in [0.1, 0.15) is 19.8 Å². The Bertz CT molecular complexity index is 230. The van der Waals surface area contributed by atoms with Crippen LogP contribution in [0.3, 0.4) is 0 Å². The van der Waals surface area contributed by atoms with E-state index in [0.29, 0.717) is 6.42 Å². The zero-order valence-electron chi connectivity index (χ0n) is 9.57. The molecule has 0 aliphatic heterocycles. The van der Waals surface area contributed by atoms with Gasteiger partial charge in [0.15, 0.2) is 0 Å². The smallest absolute Gasteiger partial charge is 0.340 e. The van der Waals surface area contributed by atoms with Crippen LogP contribution in [-0.2, 0) is 19.0 Å². The molecule has 0 aliphatic rings. The zero-order valence-corrected chi connectivity index (χ0v) is 9.57. The van der Waals surface area contributed by atoms with Gasteiger partial charge in [0.25, 0.3) is 0 Å². The Hall–Kier alpha value is -1.07. The highest BCUT2D eigenvalue weighted by atomic mass is 16.7. The van der Waals surface area contributed by atoms with Crippen molar-refractivity contribution in [2.75, 3.05) is 21.3 Å².